The largest absolute Gasteiger partial charge is 0.369 e. The molecule has 1 aliphatic carbocycles. The van der Waals surface area contributed by atoms with Gasteiger partial charge in [-0.05, 0) is 49.9 Å². The normalized spacial score (nSPS) is 25.0. The summed E-state index contributed by atoms with van der Waals surface area (Å²) in [5.41, 5.74) is 2.23. The Balaban J connectivity index is 1.06. The first-order valence-corrected chi connectivity index (χ1v) is 13.1. The van der Waals surface area contributed by atoms with Crippen LogP contribution in [0.4, 0.5) is 23.3 Å². The van der Waals surface area contributed by atoms with Gasteiger partial charge in [0.05, 0.1) is 23.4 Å². The number of anilines is 4. The second-order valence-electron chi connectivity index (χ2n) is 11.2. The summed E-state index contributed by atoms with van der Waals surface area (Å²) in [5, 5.41) is 14.1. The molecule has 1 spiro atoms. The monoisotopic (exact) mass is 481 g/mol. The predicted molar refractivity (Wildman–Crippen MR) is 139 cm³/mol. The lowest BCUT2D eigenvalue weighted by molar-refractivity contribution is -0.0178. The van der Waals surface area contributed by atoms with Gasteiger partial charge < -0.3 is 20.0 Å². The Morgan fingerprint density at radius 2 is 1.89 bits per heavy atom. The topological polar surface area (TPSA) is 97.1 Å². The third kappa shape index (κ3) is 3.54. The molecule has 1 unspecified atom stereocenters. The summed E-state index contributed by atoms with van der Waals surface area (Å²) in [6.07, 6.45) is 8.80. The minimum atomic E-state index is -0.242. The first-order valence-electron chi connectivity index (χ1n) is 13.1. The summed E-state index contributed by atoms with van der Waals surface area (Å²) in [6.45, 7) is 9.62. The van der Waals surface area contributed by atoms with Gasteiger partial charge in [-0.25, -0.2) is 19.9 Å². The zero-order valence-corrected chi connectivity index (χ0v) is 20.7. The summed E-state index contributed by atoms with van der Waals surface area (Å²) in [6, 6.07) is 8.69. The van der Waals surface area contributed by atoms with E-state index in [2.05, 4.69) is 54.0 Å². The Bertz CT molecular complexity index is 1330. The third-order valence-corrected chi connectivity index (χ3v) is 8.63. The van der Waals surface area contributed by atoms with Gasteiger partial charge in [0.1, 0.15) is 11.3 Å². The number of aromatic nitrogens is 4. The smallest absolute Gasteiger partial charge is 0.229 e. The fraction of sp³-hybridized carbons (Fsp3) is 0.519. The van der Waals surface area contributed by atoms with Crippen LogP contribution in [0.15, 0.2) is 36.8 Å². The molecule has 184 valence electrons. The fourth-order valence-corrected chi connectivity index (χ4v) is 6.43. The van der Waals surface area contributed by atoms with E-state index in [-0.39, 0.29) is 5.41 Å². The molecule has 6 heterocycles. The summed E-state index contributed by atoms with van der Waals surface area (Å²) in [7, 11) is 0. The maximum Gasteiger partial charge on any atom is 0.229 e. The van der Waals surface area contributed by atoms with Gasteiger partial charge in [0.15, 0.2) is 5.82 Å². The van der Waals surface area contributed by atoms with Crippen LogP contribution in [0.3, 0.4) is 0 Å². The van der Waals surface area contributed by atoms with Crippen LogP contribution in [0.1, 0.15) is 26.2 Å². The van der Waals surface area contributed by atoms with Gasteiger partial charge in [-0.3, -0.25) is 0 Å². The van der Waals surface area contributed by atoms with E-state index in [0.29, 0.717) is 17.3 Å². The lowest BCUT2D eigenvalue weighted by atomic mass is 9.72. The molecule has 9 nitrogen and oxygen atoms in total. The maximum atomic E-state index is 9.90. The summed E-state index contributed by atoms with van der Waals surface area (Å²) >= 11 is 0. The lowest BCUT2D eigenvalue weighted by Gasteiger charge is -2.61. The molecule has 1 N–H and O–H groups in total. The van der Waals surface area contributed by atoms with Gasteiger partial charge in [-0.2, -0.15) is 5.26 Å². The molecule has 9 heteroatoms. The van der Waals surface area contributed by atoms with Crippen molar-refractivity contribution >= 4 is 34.2 Å². The van der Waals surface area contributed by atoms with E-state index < -0.39 is 0 Å². The molecule has 4 fully saturated rings. The zero-order chi connectivity index (χ0) is 24.3. The first-order chi connectivity index (χ1) is 17.6. The van der Waals surface area contributed by atoms with Crippen molar-refractivity contribution in [3.8, 4) is 6.07 Å². The highest BCUT2D eigenvalue weighted by molar-refractivity contribution is 5.89. The molecule has 1 saturated carbocycles. The Morgan fingerprint density at radius 3 is 2.61 bits per heavy atom. The molecule has 0 aromatic carbocycles. The number of fused-ring (bicyclic) bond motifs is 1. The van der Waals surface area contributed by atoms with Crippen molar-refractivity contribution in [3.63, 3.8) is 0 Å². The van der Waals surface area contributed by atoms with E-state index in [1.165, 1.54) is 25.9 Å². The second-order valence-corrected chi connectivity index (χ2v) is 11.2. The van der Waals surface area contributed by atoms with Crippen LogP contribution >= 0.6 is 0 Å². The molecule has 3 aromatic rings. The van der Waals surface area contributed by atoms with E-state index in [1.807, 2.05) is 24.5 Å². The number of nitrogens with one attached hydrogen (secondary N) is 1. The molecule has 0 bridgehead atoms. The van der Waals surface area contributed by atoms with E-state index in [9.17, 15) is 5.26 Å². The minimum absolute atomic E-state index is 0.242. The molecule has 0 radical (unpaired) electrons. The van der Waals surface area contributed by atoms with Gasteiger partial charge in [-0.1, -0.05) is 6.92 Å². The Kier molecular flexibility index (Phi) is 4.83. The average molecular weight is 482 g/mol. The van der Waals surface area contributed by atoms with Crippen LogP contribution in [-0.4, -0.2) is 70.6 Å². The molecule has 1 atom stereocenters. The van der Waals surface area contributed by atoms with Crippen LogP contribution in [0.2, 0.25) is 0 Å². The lowest BCUT2D eigenvalue weighted by Crippen LogP contribution is -2.72. The van der Waals surface area contributed by atoms with E-state index in [4.69, 9.17) is 4.98 Å². The van der Waals surface area contributed by atoms with Gasteiger partial charge in [-0.15, -0.1) is 0 Å². The number of likely N-dealkylation sites (tertiary alicyclic amines) is 1. The van der Waals surface area contributed by atoms with E-state index in [0.717, 1.165) is 67.4 Å². The summed E-state index contributed by atoms with van der Waals surface area (Å²) in [5.74, 6) is 2.59. The number of nitrogens with zero attached hydrogens (tertiary/aromatic N) is 8. The van der Waals surface area contributed by atoms with E-state index in [1.54, 1.807) is 6.20 Å². The Morgan fingerprint density at radius 1 is 1.03 bits per heavy atom. The van der Waals surface area contributed by atoms with Crippen LogP contribution in [0.5, 0.6) is 0 Å². The molecule has 4 aliphatic rings. The summed E-state index contributed by atoms with van der Waals surface area (Å²) < 4.78 is 0. The van der Waals surface area contributed by atoms with Gasteiger partial charge >= 0.3 is 0 Å². The molecule has 3 aliphatic heterocycles. The first kappa shape index (κ1) is 21.7. The van der Waals surface area contributed by atoms with Crippen molar-refractivity contribution in [2.24, 2.45) is 16.7 Å². The Hall–Kier alpha value is -3.51. The molecular formula is C27H31N9. The van der Waals surface area contributed by atoms with Crippen molar-refractivity contribution in [3.05, 3.63) is 36.8 Å². The van der Waals surface area contributed by atoms with Crippen LogP contribution < -0.4 is 15.1 Å². The minimum Gasteiger partial charge on any atom is -0.369 e. The van der Waals surface area contributed by atoms with Crippen molar-refractivity contribution in [1.82, 2.24) is 24.8 Å². The zero-order valence-electron chi connectivity index (χ0n) is 20.7. The van der Waals surface area contributed by atoms with Gasteiger partial charge in [0.2, 0.25) is 5.95 Å². The standard InChI is InChI=1S/C27H31N9/c1-2-34-14-26(15-34)16-36(17-26)21-5-6-22(30-12-21)32-25-31-11-19-7-9-29-24(23(19)33-25)35-10-8-27(13-28,18-35)20-3-4-20/h5-7,9,11-12,20H,2-4,8,10,14-18H2,1H3,(H,30,31,32,33). The molecular weight excluding hydrogens is 450 g/mol. The van der Waals surface area contributed by atoms with Crippen molar-refractivity contribution in [1.29, 1.82) is 5.26 Å². The number of hydrogen-bond acceptors (Lipinski definition) is 9. The predicted octanol–water partition coefficient (Wildman–Crippen LogP) is 3.44. The third-order valence-electron chi connectivity index (χ3n) is 8.63. The number of pyridine rings is 2. The quantitative estimate of drug-likeness (QED) is 0.568. The highest BCUT2D eigenvalue weighted by atomic mass is 15.3. The second kappa shape index (κ2) is 8.00. The average Bonchev–Trinajstić information content (AvgIpc) is 3.63. The molecule has 3 saturated heterocycles. The number of hydrogen-bond donors (Lipinski definition) is 1. The van der Waals surface area contributed by atoms with E-state index >= 15 is 0 Å². The van der Waals surface area contributed by atoms with Gasteiger partial charge in [0.25, 0.3) is 0 Å². The molecule has 0 amide bonds. The van der Waals surface area contributed by atoms with Gasteiger partial charge in [0, 0.05) is 62.5 Å². The van der Waals surface area contributed by atoms with Crippen LogP contribution in [0.25, 0.3) is 10.9 Å². The van der Waals surface area contributed by atoms with Crippen molar-refractivity contribution < 1.29 is 0 Å². The fourth-order valence-electron chi connectivity index (χ4n) is 6.43. The highest BCUT2D eigenvalue weighted by Gasteiger charge is 2.51. The highest BCUT2D eigenvalue weighted by Crippen LogP contribution is 2.51. The maximum absolute atomic E-state index is 9.90. The number of rotatable bonds is 6. The van der Waals surface area contributed by atoms with Crippen LogP contribution in [-0.2, 0) is 0 Å². The SMILES string of the molecule is CCN1CC2(C1)CN(c1ccc(Nc3ncc4ccnc(N5CCC(C#N)(C6CC6)C5)c4n3)nc1)C2. The van der Waals surface area contributed by atoms with Crippen LogP contribution in [0, 0.1) is 28.1 Å². The molecule has 3 aromatic heterocycles. The molecule has 36 heavy (non-hydrogen) atoms. The number of nitriles is 1. The molecule has 7 rings (SSSR count). The summed E-state index contributed by atoms with van der Waals surface area (Å²) in [4.78, 5) is 25.8. The van der Waals surface area contributed by atoms with Crippen molar-refractivity contribution in [2.75, 3.05) is 60.9 Å². The Labute approximate surface area is 211 Å². The van der Waals surface area contributed by atoms with Crippen molar-refractivity contribution in [2.45, 2.75) is 26.2 Å².